The van der Waals surface area contributed by atoms with E-state index in [2.05, 4.69) is 4.98 Å². The predicted molar refractivity (Wildman–Crippen MR) is 81.7 cm³/mol. The predicted octanol–water partition coefficient (Wildman–Crippen LogP) is 0.773. The standard InChI is InChI=1S/C15H15BN2O3/c1-21-12-6-7-15-14(8-12)17-10-18(15)9-11-4-2-3-5-13(11)16(19)20/h2-8,10,19-20H,9H2,1H3. The summed E-state index contributed by atoms with van der Waals surface area (Å²) in [6.45, 7) is 0.524. The first kappa shape index (κ1) is 13.7. The molecule has 1 heterocycles. The van der Waals surface area contributed by atoms with Crippen LogP contribution in [-0.4, -0.2) is 33.8 Å². The molecule has 6 heteroatoms. The number of fused-ring (bicyclic) bond motifs is 1. The number of rotatable bonds is 4. The van der Waals surface area contributed by atoms with Crippen molar-refractivity contribution in [1.29, 1.82) is 0 Å². The lowest BCUT2D eigenvalue weighted by atomic mass is 9.77. The molecule has 0 atom stereocenters. The fourth-order valence-corrected chi connectivity index (χ4v) is 2.41. The molecule has 3 aromatic rings. The van der Waals surface area contributed by atoms with Gasteiger partial charge in [0.25, 0.3) is 0 Å². The molecule has 0 unspecified atom stereocenters. The largest absolute Gasteiger partial charge is 0.497 e. The van der Waals surface area contributed by atoms with Crippen LogP contribution in [0.1, 0.15) is 5.56 Å². The number of benzene rings is 2. The minimum absolute atomic E-state index is 0.507. The number of hydrogen-bond acceptors (Lipinski definition) is 4. The highest BCUT2D eigenvalue weighted by Crippen LogP contribution is 2.20. The van der Waals surface area contributed by atoms with Crippen molar-refractivity contribution in [2.45, 2.75) is 6.54 Å². The molecule has 0 amide bonds. The average Bonchev–Trinajstić information content (AvgIpc) is 2.90. The van der Waals surface area contributed by atoms with Crippen LogP contribution in [0.25, 0.3) is 11.0 Å². The quantitative estimate of drug-likeness (QED) is 0.694. The van der Waals surface area contributed by atoms with Gasteiger partial charge in [0.05, 0.1) is 24.5 Å². The Balaban J connectivity index is 1.99. The summed E-state index contributed by atoms with van der Waals surface area (Å²) in [7, 11) is 0.146. The van der Waals surface area contributed by atoms with Crippen molar-refractivity contribution >= 4 is 23.6 Å². The highest BCUT2D eigenvalue weighted by molar-refractivity contribution is 6.59. The Morgan fingerprint density at radius 3 is 2.76 bits per heavy atom. The van der Waals surface area contributed by atoms with Crippen LogP contribution in [0, 0.1) is 0 Å². The second kappa shape index (κ2) is 5.59. The molecule has 106 valence electrons. The van der Waals surface area contributed by atoms with E-state index < -0.39 is 7.12 Å². The van der Waals surface area contributed by atoms with Crippen LogP contribution in [-0.2, 0) is 6.54 Å². The zero-order valence-electron chi connectivity index (χ0n) is 11.6. The first-order valence-corrected chi connectivity index (χ1v) is 6.62. The SMILES string of the molecule is COc1ccc2c(c1)ncn2Cc1ccccc1B(O)O. The highest BCUT2D eigenvalue weighted by atomic mass is 16.5. The van der Waals surface area contributed by atoms with Crippen molar-refractivity contribution in [3.63, 3.8) is 0 Å². The molecule has 0 saturated carbocycles. The van der Waals surface area contributed by atoms with Gasteiger partial charge in [0, 0.05) is 12.6 Å². The van der Waals surface area contributed by atoms with Crippen LogP contribution in [0.5, 0.6) is 5.75 Å². The van der Waals surface area contributed by atoms with E-state index in [9.17, 15) is 10.0 Å². The van der Waals surface area contributed by atoms with E-state index in [1.165, 1.54) is 0 Å². The Morgan fingerprint density at radius 1 is 1.19 bits per heavy atom. The summed E-state index contributed by atoms with van der Waals surface area (Å²) in [6, 6.07) is 13.0. The van der Waals surface area contributed by atoms with E-state index >= 15 is 0 Å². The molecule has 0 radical (unpaired) electrons. The Morgan fingerprint density at radius 2 is 2.00 bits per heavy atom. The Kier molecular flexibility index (Phi) is 3.64. The van der Waals surface area contributed by atoms with E-state index in [1.807, 2.05) is 34.9 Å². The van der Waals surface area contributed by atoms with Gasteiger partial charge in [-0.3, -0.25) is 0 Å². The number of nitrogens with zero attached hydrogens (tertiary/aromatic N) is 2. The lowest BCUT2D eigenvalue weighted by molar-refractivity contribution is 0.415. The zero-order valence-corrected chi connectivity index (χ0v) is 11.6. The monoisotopic (exact) mass is 282 g/mol. The minimum atomic E-state index is -1.48. The van der Waals surface area contributed by atoms with Crippen molar-refractivity contribution in [3.8, 4) is 5.75 Å². The van der Waals surface area contributed by atoms with E-state index in [0.717, 1.165) is 22.3 Å². The van der Waals surface area contributed by atoms with E-state index in [1.54, 1.807) is 25.6 Å². The number of aromatic nitrogens is 2. The molecule has 0 aliphatic rings. The molecular formula is C15H15BN2O3. The molecule has 0 aliphatic carbocycles. The fourth-order valence-electron chi connectivity index (χ4n) is 2.41. The van der Waals surface area contributed by atoms with Gasteiger partial charge in [-0.2, -0.15) is 0 Å². The molecule has 3 rings (SSSR count). The summed E-state index contributed by atoms with van der Waals surface area (Å²) < 4.78 is 7.15. The lowest BCUT2D eigenvalue weighted by Gasteiger charge is -2.10. The van der Waals surface area contributed by atoms with Gasteiger partial charge >= 0.3 is 7.12 Å². The molecule has 1 aromatic heterocycles. The van der Waals surface area contributed by atoms with Crippen molar-refractivity contribution in [2.75, 3.05) is 7.11 Å². The van der Waals surface area contributed by atoms with Crippen molar-refractivity contribution in [1.82, 2.24) is 9.55 Å². The minimum Gasteiger partial charge on any atom is -0.497 e. The summed E-state index contributed by atoms with van der Waals surface area (Å²) in [5, 5.41) is 18.9. The first-order valence-electron chi connectivity index (χ1n) is 6.62. The van der Waals surface area contributed by atoms with Crippen LogP contribution < -0.4 is 10.2 Å². The number of methoxy groups -OCH3 is 1. The Bertz CT molecular complexity index is 770. The van der Waals surface area contributed by atoms with E-state index in [4.69, 9.17) is 4.74 Å². The molecule has 0 bridgehead atoms. The average molecular weight is 282 g/mol. The van der Waals surface area contributed by atoms with Gasteiger partial charge in [0.15, 0.2) is 0 Å². The summed E-state index contributed by atoms with van der Waals surface area (Å²) in [4.78, 5) is 4.36. The number of ether oxygens (including phenoxy) is 1. The molecule has 0 aliphatic heterocycles. The second-order valence-corrected chi connectivity index (χ2v) is 4.80. The third-order valence-electron chi connectivity index (χ3n) is 3.50. The third-order valence-corrected chi connectivity index (χ3v) is 3.50. The van der Waals surface area contributed by atoms with E-state index in [-0.39, 0.29) is 0 Å². The van der Waals surface area contributed by atoms with E-state index in [0.29, 0.717) is 12.0 Å². The summed E-state index contributed by atoms with van der Waals surface area (Å²) in [6.07, 6.45) is 1.74. The van der Waals surface area contributed by atoms with Gasteiger partial charge in [-0.05, 0) is 23.2 Å². The maximum atomic E-state index is 9.43. The molecule has 0 spiro atoms. The van der Waals surface area contributed by atoms with Crippen molar-refractivity contribution in [2.24, 2.45) is 0 Å². The smallest absolute Gasteiger partial charge is 0.488 e. The Labute approximate surface area is 122 Å². The van der Waals surface area contributed by atoms with Crippen LogP contribution in [0.2, 0.25) is 0 Å². The number of imidazole rings is 1. The topological polar surface area (TPSA) is 67.5 Å². The van der Waals surface area contributed by atoms with Gasteiger partial charge < -0.3 is 19.4 Å². The maximum Gasteiger partial charge on any atom is 0.488 e. The Hall–Kier alpha value is -2.31. The van der Waals surface area contributed by atoms with Crippen molar-refractivity contribution in [3.05, 3.63) is 54.4 Å². The second-order valence-electron chi connectivity index (χ2n) is 4.80. The summed E-state index contributed by atoms with van der Waals surface area (Å²) >= 11 is 0. The summed E-state index contributed by atoms with van der Waals surface area (Å²) in [5.74, 6) is 0.763. The highest BCUT2D eigenvalue weighted by Gasteiger charge is 2.16. The van der Waals surface area contributed by atoms with Crippen LogP contribution >= 0.6 is 0 Å². The first-order chi connectivity index (χ1) is 10.2. The molecule has 0 saturated heterocycles. The van der Waals surface area contributed by atoms with Gasteiger partial charge in [-0.1, -0.05) is 24.3 Å². The van der Waals surface area contributed by atoms with Crippen LogP contribution in [0.4, 0.5) is 0 Å². The summed E-state index contributed by atoms with van der Waals surface area (Å²) in [5.41, 5.74) is 3.17. The molecular weight excluding hydrogens is 267 g/mol. The molecule has 2 N–H and O–H groups in total. The van der Waals surface area contributed by atoms with Crippen LogP contribution in [0.3, 0.4) is 0 Å². The van der Waals surface area contributed by atoms with Gasteiger partial charge in [-0.15, -0.1) is 0 Å². The fraction of sp³-hybridized carbons (Fsp3) is 0.133. The lowest BCUT2D eigenvalue weighted by Crippen LogP contribution is -2.33. The van der Waals surface area contributed by atoms with Crippen LogP contribution in [0.15, 0.2) is 48.8 Å². The van der Waals surface area contributed by atoms with Gasteiger partial charge in [-0.25, -0.2) is 4.98 Å². The van der Waals surface area contributed by atoms with Crippen molar-refractivity contribution < 1.29 is 14.8 Å². The zero-order chi connectivity index (χ0) is 14.8. The molecule has 5 nitrogen and oxygen atoms in total. The molecule has 0 fully saturated rings. The maximum absolute atomic E-state index is 9.43. The molecule has 21 heavy (non-hydrogen) atoms. The molecule has 2 aromatic carbocycles. The third kappa shape index (κ3) is 2.63. The number of hydrogen-bond donors (Lipinski definition) is 2. The normalized spacial score (nSPS) is 10.8. The van der Waals surface area contributed by atoms with Gasteiger partial charge in [0.1, 0.15) is 5.75 Å². The van der Waals surface area contributed by atoms with Gasteiger partial charge in [0.2, 0.25) is 0 Å².